The molecule has 1 N–H and O–H groups in total. The summed E-state index contributed by atoms with van der Waals surface area (Å²) in [7, 11) is 0. The van der Waals surface area contributed by atoms with Crippen LogP contribution in [0.1, 0.15) is 47.7 Å². The van der Waals surface area contributed by atoms with Crippen LogP contribution in [-0.2, 0) is 0 Å². The van der Waals surface area contributed by atoms with E-state index in [-0.39, 0.29) is 12.5 Å². The van der Waals surface area contributed by atoms with E-state index in [1.54, 1.807) is 0 Å². The fourth-order valence-electron chi connectivity index (χ4n) is 2.80. The quantitative estimate of drug-likeness (QED) is 0.849. The minimum atomic E-state index is -0.146. The molecular formula is C18H23NO2. The van der Waals surface area contributed by atoms with Gasteiger partial charge in [0.25, 0.3) is 5.91 Å². The van der Waals surface area contributed by atoms with E-state index in [2.05, 4.69) is 18.8 Å². The molecule has 3 heteroatoms. The molecule has 1 aromatic rings. The van der Waals surface area contributed by atoms with Crippen molar-refractivity contribution in [2.75, 3.05) is 19.7 Å². The molecule has 1 heterocycles. The highest BCUT2D eigenvalue weighted by atomic mass is 16.2. The number of amides is 1. The van der Waals surface area contributed by atoms with Crippen LogP contribution in [0, 0.1) is 24.7 Å². The van der Waals surface area contributed by atoms with Crippen molar-refractivity contribution in [3.8, 4) is 11.8 Å². The van der Waals surface area contributed by atoms with Crippen LogP contribution in [0.15, 0.2) is 18.2 Å². The molecule has 1 amide bonds. The minimum absolute atomic E-state index is 0.120. The van der Waals surface area contributed by atoms with Gasteiger partial charge in [0.05, 0.1) is 0 Å². The molecule has 112 valence electrons. The van der Waals surface area contributed by atoms with E-state index >= 15 is 0 Å². The lowest BCUT2D eigenvalue weighted by atomic mass is 9.94. The van der Waals surface area contributed by atoms with Gasteiger partial charge in [0.2, 0.25) is 0 Å². The highest BCUT2D eigenvalue weighted by molar-refractivity contribution is 5.94. The number of carbonyl (C=O) groups excluding carboxylic acids is 1. The fourth-order valence-corrected chi connectivity index (χ4v) is 2.80. The summed E-state index contributed by atoms with van der Waals surface area (Å²) < 4.78 is 0. The number of hydrogen-bond acceptors (Lipinski definition) is 2. The maximum Gasteiger partial charge on any atom is 0.253 e. The summed E-state index contributed by atoms with van der Waals surface area (Å²) in [5.41, 5.74) is 2.58. The molecule has 2 rings (SSSR count). The van der Waals surface area contributed by atoms with Crippen LogP contribution < -0.4 is 0 Å². The molecule has 0 saturated carbocycles. The van der Waals surface area contributed by atoms with E-state index in [4.69, 9.17) is 5.11 Å². The molecule has 21 heavy (non-hydrogen) atoms. The van der Waals surface area contributed by atoms with E-state index in [1.807, 2.05) is 30.0 Å². The summed E-state index contributed by atoms with van der Waals surface area (Å²) >= 11 is 0. The Kier molecular flexibility index (Phi) is 5.41. The van der Waals surface area contributed by atoms with Gasteiger partial charge in [0, 0.05) is 24.2 Å². The van der Waals surface area contributed by atoms with Crippen LogP contribution in [0.4, 0.5) is 0 Å². The van der Waals surface area contributed by atoms with Gasteiger partial charge in [-0.05, 0) is 49.4 Å². The molecule has 3 nitrogen and oxygen atoms in total. The van der Waals surface area contributed by atoms with Gasteiger partial charge >= 0.3 is 0 Å². The van der Waals surface area contributed by atoms with Gasteiger partial charge < -0.3 is 10.0 Å². The molecular weight excluding hydrogens is 262 g/mol. The third kappa shape index (κ3) is 3.86. The molecule has 0 radical (unpaired) electrons. The molecule has 1 fully saturated rings. The minimum Gasteiger partial charge on any atom is -0.384 e. The van der Waals surface area contributed by atoms with Gasteiger partial charge in [-0.25, -0.2) is 0 Å². The molecule has 0 unspecified atom stereocenters. The molecule has 1 aliphatic rings. The van der Waals surface area contributed by atoms with Gasteiger partial charge in [-0.15, -0.1) is 0 Å². The van der Waals surface area contributed by atoms with E-state index in [0.717, 1.165) is 48.5 Å². The average Bonchev–Trinajstić information content (AvgIpc) is 2.53. The molecule has 1 aromatic carbocycles. The van der Waals surface area contributed by atoms with Gasteiger partial charge in [-0.2, -0.15) is 0 Å². The number of aliphatic hydroxyl groups excluding tert-OH is 1. The summed E-state index contributed by atoms with van der Waals surface area (Å²) in [6.07, 6.45) is 3.43. The van der Waals surface area contributed by atoms with Crippen molar-refractivity contribution in [1.82, 2.24) is 4.90 Å². The maximum atomic E-state index is 12.5. The van der Waals surface area contributed by atoms with Crippen molar-refractivity contribution < 1.29 is 9.90 Å². The second-order valence-corrected chi connectivity index (χ2v) is 5.63. The summed E-state index contributed by atoms with van der Waals surface area (Å²) in [6, 6.07) is 5.60. The zero-order chi connectivity index (χ0) is 15.2. The Labute approximate surface area is 127 Å². The molecule has 1 saturated heterocycles. The number of rotatable bonds is 2. The van der Waals surface area contributed by atoms with Crippen molar-refractivity contribution in [2.24, 2.45) is 5.92 Å². The normalized spacial score (nSPS) is 15.5. The maximum absolute atomic E-state index is 12.5. The largest absolute Gasteiger partial charge is 0.384 e. The third-order valence-electron chi connectivity index (χ3n) is 4.25. The van der Waals surface area contributed by atoms with Crippen LogP contribution >= 0.6 is 0 Å². The number of hydrogen-bond donors (Lipinski definition) is 1. The smallest absolute Gasteiger partial charge is 0.253 e. The Morgan fingerprint density at radius 3 is 2.67 bits per heavy atom. The van der Waals surface area contributed by atoms with Crippen LogP contribution in [0.2, 0.25) is 0 Å². The number of aryl methyl sites for hydroxylation is 1. The first-order chi connectivity index (χ1) is 10.2. The summed E-state index contributed by atoms with van der Waals surface area (Å²) in [4.78, 5) is 14.5. The Hall–Kier alpha value is -1.79. The first-order valence-electron chi connectivity index (χ1n) is 7.65. The molecule has 0 bridgehead atoms. The second-order valence-electron chi connectivity index (χ2n) is 5.63. The Morgan fingerprint density at radius 2 is 2.10 bits per heavy atom. The lowest BCUT2D eigenvalue weighted by molar-refractivity contribution is 0.0688. The zero-order valence-electron chi connectivity index (χ0n) is 12.9. The first kappa shape index (κ1) is 15.6. The number of likely N-dealkylation sites (tertiary alicyclic amines) is 1. The SMILES string of the molecule is CCC1CCN(C(=O)c2ccc(C#CCO)c(C)c2)CC1. The van der Waals surface area contributed by atoms with Gasteiger partial charge in [0.1, 0.15) is 6.61 Å². The molecule has 1 aliphatic heterocycles. The van der Waals surface area contributed by atoms with Crippen LogP contribution in [0.3, 0.4) is 0 Å². The van der Waals surface area contributed by atoms with Crippen molar-refractivity contribution in [3.05, 3.63) is 34.9 Å². The van der Waals surface area contributed by atoms with Crippen molar-refractivity contribution >= 4 is 5.91 Å². The van der Waals surface area contributed by atoms with Crippen molar-refractivity contribution in [3.63, 3.8) is 0 Å². The van der Waals surface area contributed by atoms with E-state index in [0.29, 0.717) is 0 Å². The Balaban J connectivity index is 2.08. The Bertz CT molecular complexity index is 560. The van der Waals surface area contributed by atoms with E-state index in [1.165, 1.54) is 6.42 Å². The summed E-state index contributed by atoms with van der Waals surface area (Å²) in [6.45, 7) is 5.75. The Morgan fingerprint density at radius 1 is 1.38 bits per heavy atom. The van der Waals surface area contributed by atoms with Crippen molar-refractivity contribution in [2.45, 2.75) is 33.1 Å². The molecule has 0 aromatic heterocycles. The number of nitrogens with zero attached hydrogens (tertiary/aromatic N) is 1. The second kappa shape index (κ2) is 7.28. The predicted octanol–water partition coefficient (Wildman–Crippen LogP) is 2.60. The molecule has 0 spiro atoms. The molecule has 0 atom stereocenters. The predicted molar refractivity (Wildman–Crippen MR) is 84.1 cm³/mol. The number of piperidine rings is 1. The average molecular weight is 285 g/mol. The highest BCUT2D eigenvalue weighted by Gasteiger charge is 2.22. The standard InChI is InChI=1S/C18H23NO2/c1-3-15-8-10-19(11-9-15)18(21)17-7-6-16(5-4-12-20)14(2)13-17/h6-7,13,15,20H,3,8-12H2,1-2H3. The van der Waals surface area contributed by atoms with Crippen LogP contribution in [0.5, 0.6) is 0 Å². The summed E-state index contributed by atoms with van der Waals surface area (Å²) in [5.74, 6) is 6.43. The summed E-state index contributed by atoms with van der Waals surface area (Å²) in [5, 5.41) is 8.74. The van der Waals surface area contributed by atoms with Crippen molar-refractivity contribution in [1.29, 1.82) is 0 Å². The lowest BCUT2D eigenvalue weighted by Crippen LogP contribution is -2.38. The zero-order valence-corrected chi connectivity index (χ0v) is 12.9. The van der Waals surface area contributed by atoms with Crippen LogP contribution in [0.25, 0.3) is 0 Å². The third-order valence-corrected chi connectivity index (χ3v) is 4.25. The first-order valence-corrected chi connectivity index (χ1v) is 7.65. The van der Waals surface area contributed by atoms with Gasteiger partial charge in [-0.1, -0.05) is 25.2 Å². The fraction of sp³-hybridized carbons (Fsp3) is 0.500. The monoisotopic (exact) mass is 285 g/mol. The molecule has 0 aliphatic carbocycles. The van der Waals surface area contributed by atoms with Gasteiger partial charge in [-0.3, -0.25) is 4.79 Å². The highest BCUT2D eigenvalue weighted by Crippen LogP contribution is 2.22. The van der Waals surface area contributed by atoms with Gasteiger partial charge in [0.15, 0.2) is 0 Å². The van der Waals surface area contributed by atoms with E-state index in [9.17, 15) is 4.79 Å². The number of benzene rings is 1. The number of aliphatic hydroxyl groups is 1. The topological polar surface area (TPSA) is 40.5 Å². The number of carbonyl (C=O) groups is 1. The lowest BCUT2D eigenvalue weighted by Gasteiger charge is -2.31. The van der Waals surface area contributed by atoms with Crippen LogP contribution in [-0.4, -0.2) is 35.6 Å². The van der Waals surface area contributed by atoms with E-state index < -0.39 is 0 Å².